The molecule has 1 fully saturated rings. The zero-order valence-electron chi connectivity index (χ0n) is 13.3. The smallest absolute Gasteiger partial charge is 0.243 e. The molecule has 0 aliphatic heterocycles. The Morgan fingerprint density at radius 2 is 1.96 bits per heavy atom. The van der Waals surface area contributed by atoms with Crippen LogP contribution in [0.15, 0.2) is 59.7 Å². The number of hydrogen-bond donors (Lipinski definition) is 1. The number of carbonyl (C=O) groups excluding carboxylic acids is 1. The molecule has 2 atom stereocenters. The van der Waals surface area contributed by atoms with Gasteiger partial charge in [-0.15, -0.1) is 0 Å². The Balaban J connectivity index is 1.60. The van der Waals surface area contributed by atoms with Crippen LogP contribution in [0.2, 0.25) is 0 Å². The molecule has 0 heterocycles. The minimum Gasteiger partial charge on any atom is -0.497 e. The molecule has 4 heteroatoms. The van der Waals surface area contributed by atoms with E-state index in [2.05, 4.69) is 22.7 Å². The maximum Gasteiger partial charge on any atom is 0.243 e. The minimum absolute atomic E-state index is 0.0129. The predicted molar refractivity (Wildman–Crippen MR) is 90.6 cm³/mol. The monoisotopic (exact) mass is 308 g/mol. The van der Waals surface area contributed by atoms with E-state index in [9.17, 15) is 4.79 Å². The highest BCUT2D eigenvalue weighted by Gasteiger charge is 2.43. The molecule has 0 bridgehead atoms. The quantitative estimate of drug-likeness (QED) is 0.680. The van der Waals surface area contributed by atoms with Crippen LogP contribution in [-0.4, -0.2) is 18.7 Å². The van der Waals surface area contributed by atoms with Crippen LogP contribution in [-0.2, 0) is 4.79 Å². The largest absolute Gasteiger partial charge is 0.497 e. The molecule has 1 amide bonds. The summed E-state index contributed by atoms with van der Waals surface area (Å²) in [4.78, 5) is 12.2. The highest BCUT2D eigenvalue weighted by molar-refractivity contribution is 5.99. The lowest BCUT2D eigenvalue weighted by molar-refractivity contribution is -0.122. The second-order valence-electron chi connectivity index (χ2n) is 5.76. The average Bonchev–Trinajstić information content (AvgIpc) is 3.41. The molecule has 1 saturated carbocycles. The van der Waals surface area contributed by atoms with Gasteiger partial charge in [0.1, 0.15) is 5.75 Å². The van der Waals surface area contributed by atoms with Crippen LogP contribution in [0.3, 0.4) is 0 Å². The molecule has 2 aromatic carbocycles. The first-order chi connectivity index (χ1) is 11.2. The fourth-order valence-corrected chi connectivity index (χ4v) is 2.69. The number of hydrogen-bond acceptors (Lipinski definition) is 3. The number of benzene rings is 2. The summed E-state index contributed by atoms with van der Waals surface area (Å²) < 4.78 is 5.20. The first-order valence-electron chi connectivity index (χ1n) is 7.72. The van der Waals surface area contributed by atoms with Crippen molar-refractivity contribution >= 4 is 11.6 Å². The van der Waals surface area contributed by atoms with Crippen LogP contribution in [0.5, 0.6) is 5.75 Å². The van der Waals surface area contributed by atoms with E-state index in [0.717, 1.165) is 23.4 Å². The minimum atomic E-state index is -0.0129. The van der Waals surface area contributed by atoms with Crippen LogP contribution in [0.1, 0.15) is 30.4 Å². The van der Waals surface area contributed by atoms with E-state index in [1.807, 2.05) is 49.4 Å². The zero-order valence-corrected chi connectivity index (χ0v) is 13.3. The van der Waals surface area contributed by atoms with Crippen LogP contribution in [0.4, 0.5) is 0 Å². The molecule has 0 spiro atoms. The van der Waals surface area contributed by atoms with Crippen molar-refractivity contribution in [1.29, 1.82) is 0 Å². The van der Waals surface area contributed by atoms with Crippen molar-refractivity contribution < 1.29 is 9.53 Å². The van der Waals surface area contributed by atoms with Crippen LogP contribution in [0, 0.1) is 5.92 Å². The number of rotatable bonds is 5. The summed E-state index contributed by atoms with van der Waals surface area (Å²) in [6.45, 7) is 1.87. The maximum absolute atomic E-state index is 12.2. The second-order valence-corrected chi connectivity index (χ2v) is 5.76. The van der Waals surface area contributed by atoms with Gasteiger partial charge in [0.25, 0.3) is 0 Å². The van der Waals surface area contributed by atoms with E-state index in [-0.39, 0.29) is 11.8 Å². The summed E-state index contributed by atoms with van der Waals surface area (Å²) in [5, 5.41) is 4.22. The van der Waals surface area contributed by atoms with Gasteiger partial charge in [0.05, 0.1) is 12.8 Å². The molecule has 1 N–H and O–H groups in total. The summed E-state index contributed by atoms with van der Waals surface area (Å²) in [6, 6.07) is 17.8. The summed E-state index contributed by atoms with van der Waals surface area (Å²) >= 11 is 0. The molecule has 3 rings (SSSR count). The number of hydrazone groups is 1. The lowest BCUT2D eigenvalue weighted by Crippen LogP contribution is -2.21. The lowest BCUT2D eigenvalue weighted by Gasteiger charge is -2.05. The number of nitrogens with zero attached hydrogens (tertiary/aromatic N) is 1. The Labute approximate surface area is 136 Å². The van der Waals surface area contributed by atoms with Crippen molar-refractivity contribution in [3.8, 4) is 5.75 Å². The average molecular weight is 308 g/mol. The molecule has 23 heavy (non-hydrogen) atoms. The zero-order chi connectivity index (χ0) is 16.2. The van der Waals surface area contributed by atoms with Gasteiger partial charge in [-0.25, -0.2) is 5.43 Å². The number of nitrogens with one attached hydrogen (secondary N) is 1. The summed E-state index contributed by atoms with van der Waals surface area (Å²) in [6.07, 6.45) is 0.892. The third-order valence-corrected chi connectivity index (χ3v) is 4.18. The van der Waals surface area contributed by atoms with Crippen molar-refractivity contribution in [2.24, 2.45) is 11.0 Å². The van der Waals surface area contributed by atoms with Crippen molar-refractivity contribution in [2.45, 2.75) is 19.3 Å². The van der Waals surface area contributed by atoms with E-state index in [1.54, 1.807) is 7.11 Å². The summed E-state index contributed by atoms with van der Waals surface area (Å²) in [5.41, 5.74) is 5.60. The summed E-state index contributed by atoms with van der Waals surface area (Å²) in [7, 11) is 1.63. The van der Waals surface area contributed by atoms with E-state index >= 15 is 0 Å². The van der Waals surface area contributed by atoms with Gasteiger partial charge in [-0.05, 0) is 37.0 Å². The standard InChI is InChI=1S/C19H20N2O2/c1-13(15-9-6-10-16(11-15)23-2)20-21-19(22)18-12-17(18)14-7-4-3-5-8-14/h3-11,17-18H,12H2,1-2H3,(H,21,22)/b20-13-/t17-,18+/m0/s1. The maximum atomic E-state index is 12.2. The number of ether oxygens (including phenoxy) is 1. The van der Waals surface area contributed by atoms with Crippen molar-refractivity contribution in [2.75, 3.05) is 7.11 Å². The van der Waals surface area contributed by atoms with Crippen LogP contribution in [0.25, 0.3) is 0 Å². The number of amides is 1. The lowest BCUT2D eigenvalue weighted by atomic mass is 10.1. The normalized spacial score (nSPS) is 20.0. The molecule has 4 nitrogen and oxygen atoms in total. The molecular formula is C19H20N2O2. The predicted octanol–water partition coefficient (Wildman–Crippen LogP) is 3.34. The van der Waals surface area contributed by atoms with Gasteiger partial charge >= 0.3 is 0 Å². The van der Waals surface area contributed by atoms with E-state index in [4.69, 9.17) is 4.74 Å². The van der Waals surface area contributed by atoms with E-state index in [1.165, 1.54) is 5.56 Å². The number of methoxy groups -OCH3 is 1. The van der Waals surface area contributed by atoms with E-state index < -0.39 is 0 Å². The van der Waals surface area contributed by atoms with Gasteiger partial charge in [0.2, 0.25) is 5.91 Å². The van der Waals surface area contributed by atoms with Crippen LogP contribution >= 0.6 is 0 Å². The molecule has 2 aromatic rings. The Morgan fingerprint density at radius 3 is 2.70 bits per heavy atom. The third-order valence-electron chi connectivity index (χ3n) is 4.18. The molecule has 118 valence electrons. The highest BCUT2D eigenvalue weighted by Crippen LogP contribution is 2.47. The Kier molecular flexibility index (Phi) is 4.42. The highest BCUT2D eigenvalue weighted by atomic mass is 16.5. The molecule has 1 aliphatic rings. The first-order valence-corrected chi connectivity index (χ1v) is 7.72. The molecule has 0 radical (unpaired) electrons. The van der Waals surface area contributed by atoms with Gasteiger partial charge in [0, 0.05) is 11.5 Å². The van der Waals surface area contributed by atoms with E-state index in [0.29, 0.717) is 5.92 Å². The van der Waals surface area contributed by atoms with Gasteiger partial charge in [-0.2, -0.15) is 5.10 Å². The van der Waals surface area contributed by atoms with Gasteiger partial charge < -0.3 is 4.74 Å². The second kappa shape index (κ2) is 6.65. The molecule has 0 unspecified atom stereocenters. The Hall–Kier alpha value is -2.62. The molecule has 0 saturated heterocycles. The van der Waals surface area contributed by atoms with Crippen molar-refractivity contribution in [3.05, 3.63) is 65.7 Å². The van der Waals surface area contributed by atoms with Gasteiger partial charge in [-0.3, -0.25) is 4.79 Å². The van der Waals surface area contributed by atoms with Crippen LogP contribution < -0.4 is 10.2 Å². The van der Waals surface area contributed by atoms with Crippen molar-refractivity contribution in [1.82, 2.24) is 5.43 Å². The fraction of sp³-hybridized carbons (Fsp3) is 0.263. The molecular weight excluding hydrogens is 288 g/mol. The van der Waals surface area contributed by atoms with Gasteiger partial charge in [-0.1, -0.05) is 42.5 Å². The third kappa shape index (κ3) is 3.59. The van der Waals surface area contributed by atoms with Gasteiger partial charge in [0.15, 0.2) is 0 Å². The molecule has 1 aliphatic carbocycles. The topological polar surface area (TPSA) is 50.7 Å². The van der Waals surface area contributed by atoms with Crippen molar-refractivity contribution in [3.63, 3.8) is 0 Å². The summed E-state index contributed by atoms with van der Waals surface area (Å²) in [5.74, 6) is 1.11. The first kappa shape index (κ1) is 15.3. The number of carbonyl (C=O) groups is 1. The molecule has 0 aromatic heterocycles. The Bertz CT molecular complexity index is 725. The SMILES string of the molecule is COc1cccc(/C(C)=N\NC(=O)[C@@H]2C[C@H]2c2ccccc2)c1. The fourth-order valence-electron chi connectivity index (χ4n) is 2.69. The Morgan fingerprint density at radius 1 is 1.17 bits per heavy atom.